The van der Waals surface area contributed by atoms with Crippen LogP contribution in [0, 0.1) is 0 Å². The first kappa shape index (κ1) is 15.0. The largest absolute Gasteiger partial charge is 0.481 e. The van der Waals surface area contributed by atoms with Crippen LogP contribution in [0.1, 0.15) is 26.3 Å². The van der Waals surface area contributed by atoms with Gasteiger partial charge in [-0.3, -0.25) is 0 Å². The van der Waals surface area contributed by atoms with Gasteiger partial charge in [0.05, 0.1) is 7.11 Å². The summed E-state index contributed by atoms with van der Waals surface area (Å²) >= 11 is 0. The van der Waals surface area contributed by atoms with E-state index in [1.54, 1.807) is 13.3 Å². The Hall–Kier alpha value is -2.04. The molecule has 0 saturated carbocycles. The number of ether oxygens (including phenoxy) is 2. The number of nitrogens with zero attached hydrogens (tertiary/aromatic N) is 1. The van der Waals surface area contributed by atoms with E-state index in [1.165, 1.54) is 0 Å². The third-order valence-corrected chi connectivity index (χ3v) is 2.05. The molecule has 1 aromatic rings. The maximum Gasteiger partial charge on any atom is 0.407 e. The molecule has 0 bridgehead atoms. The quantitative estimate of drug-likeness (QED) is 0.908. The summed E-state index contributed by atoms with van der Waals surface area (Å²) in [6.07, 6.45) is 4.87. The highest BCUT2D eigenvalue weighted by atomic mass is 16.6. The summed E-state index contributed by atoms with van der Waals surface area (Å²) in [5.74, 6) is 0.552. The molecule has 19 heavy (non-hydrogen) atoms. The Labute approximate surface area is 113 Å². The standard InChI is InChI=1S/C14H20N2O3/c1-14(2,3)19-13(17)16-10-6-8-11-7-5-9-15-12(11)18-4/h5-9H,10H2,1-4H3,(H,16,17). The van der Waals surface area contributed by atoms with Gasteiger partial charge in [0.15, 0.2) is 0 Å². The van der Waals surface area contributed by atoms with Crippen LogP contribution in [0.15, 0.2) is 24.4 Å². The van der Waals surface area contributed by atoms with Crippen LogP contribution in [0.3, 0.4) is 0 Å². The number of nitrogens with one attached hydrogen (secondary N) is 1. The van der Waals surface area contributed by atoms with Crippen molar-refractivity contribution in [1.82, 2.24) is 10.3 Å². The van der Waals surface area contributed by atoms with Crippen molar-refractivity contribution < 1.29 is 14.3 Å². The first-order chi connectivity index (χ1) is 8.92. The molecule has 5 nitrogen and oxygen atoms in total. The fourth-order valence-corrected chi connectivity index (χ4v) is 1.34. The van der Waals surface area contributed by atoms with Gasteiger partial charge in [0, 0.05) is 18.3 Å². The van der Waals surface area contributed by atoms with Gasteiger partial charge in [-0.25, -0.2) is 9.78 Å². The lowest BCUT2D eigenvalue weighted by atomic mass is 10.2. The first-order valence-corrected chi connectivity index (χ1v) is 6.05. The minimum Gasteiger partial charge on any atom is -0.481 e. The molecule has 1 N–H and O–H groups in total. The molecule has 1 heterocycles. The molecule has 0 saturated heterocycles. The molecule has 0 aliphatic rings. The van der Waals surface area contributed by atoms with Crippen LogP contribution in [-0.2, 0) is 4.74 Å². The minimum absolute atomic E-state index is 0.382. The summed E-state index contributed by atoms with van der Waals surface area (Å²) in [5, 5.41) is 2.64. The van der Waals surface area contributed by atoms with E-state index in [1.807, 2.05) is 45.1 Å². The van der Waals surface area contributed by atoms with E-state index in [2.05, 4.69) is 10.3 Å². The molecule has 1 aromatic heterocycles. The number of aromatic nitrogens is 1. The van der Waals surface area contributed by atoms with Crippen LogP contribution in [-0.4, -0.2) is 30.3 Å². The molecule has 5 heteroatoms. The third kappa shape index (κ3) is 5.90. The van der Waals surface area contributed by atoms with Crippen LogP contribution < -0.4 is 10.1 Å². The molecule has 0 aliphatic carbocycles. The van der Waals surface area contributed by atoms with E-state index in [0.29, 0.717) is 12.4 Å². The van der Waals surface area contributed by atoms with Crippen LogP contribution in [0.2, 0.25) is 0 Å². The zero-order valence-electron chi connectivity index (χ0n) is 11.8. The molecule has 0 aromatic carbocycles. The summed E-state index contributed by atoms with van der Waals surface area (Å²) in [6, 6.07) is 3.71. The van der Waals surface area contributed by atoms with Gasteiger partial charge in [-0.2, -0.15) is 0 Å². The Bertz CT molecular complexity index is 450. The van der Waals surface area contributed by atoms with Crippen molar-refractivity contribution in [3.63, 3.8) is 0 Å². The van der Waals surface area contributed by atoms with Crippen LogP contribution in [0.4, 0.5) is 4.79 Å². The molecule has 1 rings (SSSR count). The van der Waals surface area contributed by atoms with E-state index < -0.39 is 11.7 Å². The number of hydrogen-bond acceptors (Lipinski definition) is 4. The molecular formula is C14H20N2O3. The average molecular weight is 264 g/mol. The normalized spacial score (nSPS) is 11.4. The number of carbonyl (C=O) groups excluding carboxylic acids is 1. The molecule has 0 unspecified atom stereocenters. The molecule has 104 valence electrons. The first-order valence-electron chi connectivity index (χ1n) is 6.05. The fraction of sp³-hybridized carbons (Fsp3) is 0.429. The second-order valence-corrected chi connectivity index (χ2v) is 4.89. The Morgan fingerprint density at radius 1 is 1.47 bits per heavy atom. The van der Waals surface area contributed by atoms with Gasteiger partial charge in [0.2, 0.25) is 5.88 Å². The summed E-state index contributed by atoms with van der Waals surface area (Å²) in [7, 11) is 1.57. The van der Waals surface area contributed by atoms with Gasteiger partial charge in [0.25, 0.3) is 0 Å². The van der Waals surface area contributed by atoms with E-state index >= 15 is 0 Å². The van der Waals surface area contributed by atoms with Gasteiger partial charge >= 0.3 is 6.09 Å². The predicted molar refractivity (Wildman–Crippen MR) is 74.1 cm³/mol. The molecule has 1 amide bonds. The zero-order valence-corrected chi connectivity index (χ0v) is 11.8. The highest BCUT2D eigenvalue weighted by Gasteiger charge is 2.14. The third-order valence-electron chi connectivity index (χ3n) is 2.05. The lowest BCUT2D eigenvalue weighted by molar-refractivity contribution is 0.0534. The zero-order chi connectivity index (χ0) is 14.3. The van der Waals surface area contributed by atoms with E-state index in [0.717, 1.165) is 5.56 Å². The van der Waals surface area contributed by atoms with Crippen LogP contribution >= 0.6 is 0 Å². The lowest BCUT2D eigenvalue weighted by Gasteiger charge is -2.19. The van der Waals surface area contributed by atoms with Crippen molar-refractivity contribution in [3.8, 4) is 5.88 Å². The summed E-state index contributed by atoms with van der Waals surface area (Å²) in [6.45, 7) is 5.85. The van der Waals surface area contributed by atoms with E-state index in [-0.39, 0.29) is 0 Å². The van der Waals surface area contributed by atoms with Crippen molar-refractivity contribution in [2.24, 2.45) is 0 Å². The molecule has 0 aliphatic heterocycles. The highest BCUT2D eigenvalue weighted by Crippen LogP contribution is 2.14. The monoisotopic (exact) mass is 264 g/mol. The van der Waals surface area contributed by atoms with Crippen molar-refractivity contribution >= 4 is 12.2 Å². The number of carbonyl (C=O) groups is 1. The van der Waals surface area contributed by atoms with Crippen molar-refractivity contribution in [2.75, 3.05) is 13.7 Å². The molecular weight excluding hydrogens is 244 g/mol. The van der Waals surface area contributed by atoms with Gasteiger partial charge in [0.1, 0.15) is 5.60 Å². The van der Waals surface area contributed by atoms with Crippen LogP contribution in [0.25, 0.3) is 6.08 Å². The highest BCUT2D eigenvalue weighted by molar-refractivity contribution is 5.68. The Morgan fingerprint density at radius 2 is 2.21 bits per heavy atom. The van der Waals surface area contributed by atoms with E-state index in [9.17, 15) is 4.79 Å². The molecule has 0 spiro atoms. The SMILES string of the molecule is COc1ncccc1C=CCNC(=O)OC(C)(C)C. The maximum absolute atomic E-state index is 11.4. The van der Waals surface area contributed by atoms with Crippen LogP contribution in [0.5, 0.6) is 5.88 Å². The van der Waals surface area contributed by atoms with E-state index in [4.69, 9.17) is 9.47 Å². The number of methoxy groups -OCH3 is 1. The second kappa shape index (κ2) is 6.78. The topological polar surface area (TPSA) is 60.5 Å². The maximum atomic E-state index is 11.4. The Kier molecular flexibility index (Phi) is 5.36. The number of amides is 1. The molecule has 0 atom stereocenters. The number of pyridine rings is 1. The summed E-state index contributed by atoms with van der Waals surface area (Å²) < 4.78 is 10.2. The average Bonchev–Trinajstić information content (AvgIpc) is 2.33. The lowest BCUT2D eigenvalue weighted by Crippen LogP contribution is -2.32. The van der Waals surface area contributed by atoms with Gasteiger partial charge in [-0.15, -0.1) is 0 Å². The number of hydrogen-bond donors (Lipinski definition) is 1. The summed E-state index contributed by atoms with van der Waals surface area (Å²) in [4.78, 5) is 15.5. The van der Waals surface area contributed by atoms with Crippen molar-refractivity contribution in [1.29, 1.82) is 0 Å². The van der Waals surface area contributed by atoms with Gasteiger partial charge < -0.3 is 14.8 Å². The Balaban J connectivity index is 2.44. The number of alkyl carbamates (subject to hydrolysis) is 1. The predicted octanol–water partition coefficient (Wildman–Crippen LogP) is 2.63. The number of rotatable bonds is 4. The molecule has 0 radical (unpaired) electrons. The minimum atomic E-state index is -0.486. The second-order valence-electron chi connectivity index (χ2n) is 4.89. The molecule has 0 fully saturated rings. The fourth-order valence-electron chi connectivity index (χ4n) is 1.34. The smallest absolute Gasteiger partial charge is 0.407 e. The van der Waals surface area contributed by atoms with Gasteiger partial charge in [-0.1, -0.05) is 12.2 Å². The summed E-state index contributed by atoms with van der Waals surface area (Å²) in [5.41, 5.74) is 0.372. The Morgan fingerprint density at radius 3 is 2.84 bits per heavy atom. The van der Waals surface area contributed by atoms with Gasteiger partial charge in [-0.05, 0) is 32.9 Å². The van der Waals surface area contributed by atoms with Crippen molar-refractivity contribution in [3.05, 3.63) is 30.0 Å². The van der Waals surface area contributed by atoms with Crippen molar-refractivity contribution in [2.45, 2.75) is 26.4 Å².